The summed E-state index contributed by atoms with van der Waals surface area (Å²) >= 11 is 0. The summed E-state index contributed by atoms with van der Waals surface area (Å²) in [4.78, 5) is 0. The third kappa shape index (κ3) is 5.95. The highest BCUT2D eigenvalue weighted by Gasteiger charge is 2.16. The van der Waals surface area contributed by atoms with Gasteiger partial charge in [0, 0.05) is 11.1 Å². The van der Waals surface area contributed by atoms with Gasteiger partial charge in [-0.2, -0.15) is 4.39 Å². The monoisotopic (exact) mass is 426 g/mol. The summed E-state index contributed by atoms with van der Waals surface area (Å²) in [6.07, 6.45) is 2.81. The average Bonchev–Trinajstić information content (AvgIpc) is 2.77. The molecule has 31 heavy (non-hydrogen) atoms. The normalized spacial score (nSPS) is 11.8. The Kier molecular flexibility index (Phi) is 7.97. The van der Waals surface area contributed by atoms with Crippen LogP contribution in [0.4, 0.5) is 17.6 Å². The second kappa shape index (κ2) is 10.4. The van der Waals surface area contributed by atoms with Crippen molar-refractivity contribution in [2.45, 2.75) is 6.92 Å². The van der Waals surface area contributed by atoms with E-state index in [1.165, 1.54) is 31.2 Å². The molecule has 0 radical (unpaired) electrons. The summed E-state index contributed by atoms with van der Waals surface area (Å²) in [5.74, 6) is -4.65. The van der Waals surface area contributed by atoms with Crippen LogP contribution in [0.15, 0.2) is 115 Å². The predicted molar refractivity (Wildman–Crippen MR) is 118 cm³/mol. The van der Waals surface area contributed by atoms with Gasteiger partial charge in [0.05, 0.1) is 0 Å². The van der Waals surface area contributed by atoms with E-state index in [0.717, 1.165) is 0 Å². The zero-order valence-electron chi connectivity index (χ0n) is 17.2. The summed E-state index contributed by atoms with van der Waals surface area (Å²) in [7, 11) is 0. The van der Waals surface area contributed by atoms with Gasteiger partial charge in [0.25, 0.3) is 0 Å². The van der Waals surface area contributed by atoms with Crippen molar-refractivity contribution in [1.82, 2.24) is 0 Å². The highest BCUT2D eigenvalue weighted by atomic mass is 19.2. The van der Waals surface area contributed by atoms with E-state index in [9.17, 15) is 17.6 Å². The molecule has 0 saturated carbocycles. The van der Waals surface area contributed by atoms with Crippen molar-refractivity contribution in [2.24, 2.45) is 0 Å². The van der Waals surface area contributed by atoms with E-state index < -0.39 is 23.3 Å². The van der Waals surface area contributed by atoms with Crippen LogP contribution >= 0.6 is 0 Å². The molecule has 5 heteroatoms. The average molecular weight is 426 g/mol. The molecule has 0 unspecified atom stereocenters. The highest BCUT2D eigenvalue weighted by molar-refractivity contribution is 5.65. The molecule has 0 aliphatic rings. The molecule has 0 N–H and O–H groups in total. The van der Waals surface area contributed by atoms with E-state index in [1.807, 2.05) is 0 Å². The second-order valence-electron chi connectivity index (χ2n) is 6.80. The number of halogens is 4. The van der Waals surface area contributed by atoms with Crippen molar-refractivity contribution in [3.8, 4) is 16.9 Å². The minimum absolute atomic E-state index is 0.0687. The third-order valence-electron chi connectivity index (χ3n) is 4.28. The lowest BCUT2D eigenvalue weighted by Gasteiger charge is -2.11. The number of ether oxygens (including phenoxy) is 1. The molecule has 0 heterocycles. The van der Waals surface area contributed by atoms with Crippen LogP contribution in [0.5, 0.6) is 5.75 Å². The maximum absolute atomic E-state index is 14.4. The van der Waals surface area contributed by atoms with Gasteiger partial charge in [0.2, 0.25) is 5.82 Å². The first kappa shape index (κ1) is 23.7. The molecule has 0 aliphatic heterocycles. The fourth-order valence-electron chi connectivity index (χ4n) is 2.48. The van der Waals surface area contributed by atoms with Crippen molar-refractivity contribution in [3.63, 3.8) is 0 Å². The standard InChI is InChI=1S/C26H22F4O/c1-16(2)23(27)24(28)19(5)18(4)12-11-17(3)15-31-22-14-13-21(25(29)26(22)30)20-9-7-6-8-10-20/h6-14H,1,3-5,15H2,2H3/b12-11-,24-23-. The Labute approximate surface area is 179 Å². The van der Waals surface area contributed by atoms with Crippen LogP contribution < -0.4 is 4.74 Å². The van der Waals surface area contributed by atoms with Crippen molar-refractivity contribution in [3.05, 3.63) is 127 Å². The molecule has 2 aromatic carbocycles. The van der Waals surface area contributed by atoms with E-state index in [2.05, 4.69) is 26.3 Å². The number of hydrogen-bond acceptors (Lipinski definition) is 1. The maximum Gasteiger partial charge on any atom is 0.201 e. The van der Waals surface area contributed by atoms with Gasteiger partial charge in [0.1, 0.15) is 6.61 Å². The minimum atomic E-state index is -1.15. The quantitative estimate of drug-likeness (QED) is 0.292. The molecule has 0 saturated heterocycles. The zero-order valence-corrected chi connectivity index (χ0v) is 17.2. The van der Waals surface area contributed by atoms with Gasteiger partial charge >= 0.3 is 0 Å². The summed E-state index contributed by atoms with van der Waals surface area (Å²) in [5, 5.41) is 0. The fraction of sp³-hybridized carbons (Fsp3) is 0.0769. The lowest BCUT2D eigenvalue weighted by atomic mass is 10.0. The summed E-state index contributed by atoms with van der Waals surface area (Å²) in [6, 6.07) is 11.3. The Hall–Kier alpha value is -3.60. The number of benzene rings is 2. The minimum Gasteiger partial charge on any atom is -0.486 e. The van der Waals surface area contributed by atoms with Crippen molar-refractivity contribution in [2.75, 3.05) is 6.61 Å². The van der Waals surface area contributed by atoms with Crippen molar-refractivity contribution < 1.29 is 22.3 Å². The second-order valence-corrected chi connectivity index (χ2v) is 6.80. The van der Waals surface area contributed by atoms with Crippen LogP contribution in [0.3, 0.4) is 0 Å². The molecule has 1 nitrogen and oxygen atoms in total. The SMILES string of the molecule is C=C(/C=C\C(=C)C(=C)/C(F)=C(/F)C(=C)C)COc1ccc(-c2ccccc2)c(F)c1F. The van der Waals surface area contributed by atoms with Crippen LogP contribution in [0.2, 0.25) is 0 Å². The lowest BCUT2D eigenvalue weighted by Crippen LogP contribution is -2.02. The molecule has 0 aliphatic carbocycles. The van der Waals surface area contributed by atoms with Crippen LogP contribution in [-0.2, 0) is 0 Å². The van der Waals surface area contributed by atoms with E-state index in [1.54, 1.807) is 30.3 Å². The van der Waals surface area contributed by atoms with Gasteiger partial charge in [-0.15, -0.1) is 0 Å². The van der Waals surface area contributed by atoms with E-state index >= 15 is 0 Å². The summed E-state index contributed by atoms with van der Waals surface area (Å²) in [6.45, 7) is 15.3. The largest absolute Gasteiger partial charge is 0.486 e. The summed E-state index contributed by atoms with van der Waals surface area (Å²) in [5.41, 5.74) is 0.831. The number of rotatable bonds is 9. The molecule has 0 aromatic heterocycles. The molecule has 0 amide bonds. The molecule has 0 fully saturated rings. The zero-order chi connectivity index (χ0) is 23.1. The number of hydrogen-bond donors (Lipinski definition) is 0. The molecule has 0 bridgehead atoms. The Morgan fingerprint density at radius 3 is 2.13 bits per heavy atom. The Bertz CT molecular complexity index is 1090. The highest BCUT2D eigenvalue weighted by Crippen LogP contribution is 2.30. The fourth-order valence-corrected chi connectivity index (χ4v) is 2.48. The third-order valence-corrected chi connectivity index (χ3v) is 4.28. The van der Waals surface area contributed by atoms with Gasteiger partial charge in [-0.3, -0.25) is 0 Å². The van der Waals surface area contributed by atoms with E-state index in [-0.39, 0.29) is 34.6 Å². The van der Waals surface area contributed by atoms with Gasteiger partial charge in [-0.25, -0.2) is 13.2 Å². The lowest BCUT2D eigenvalue weighted by molar-refractivity contribution is 0.327. The maximum atomic E-state index is 14.4. The molecule has 0 atom stereocenters. The Morgan fingerprint density at radius 2 is 1.52 bits per heavy atom. The Balaban J connectivity index is 2.04. The van der Waals surface area contributed by atoms with E-state index in [0.29, 0.717) is 11.1 Å². The molecular formula is C26H22F4O. The van der Waals surface area contributed by atoms with Gasteiger partial charge in [0.15, 0.2) is 23.2 Å². The molecular weight excluding hydrogens is 404 g/mol. The number of allylic oxidation sites excluding steroid dienone is 6. The molecule has 0 spiro atoms. The first-order chi connectivity index (χ1) is 14.6. The van der Waals surface area contributed by atoms with Crippen LogP contribution in [0.25, 0.3) is 11.1 Å². The Morgan fingerprint density at radius 1 is 0.871 bits per heavy atom. The van der Waals surface area contributed by atoms with Gasteiger partial charge in [-0.05, 0) is 41.3 Å². The predicted octanol–water partition coefficient (Wildman–Crippen LogP) is 7.96. The molecule has 2 aromatic rings. The summed E-state index contributed by atoms with van der Waals surface area (Å²) < 4.78 is 61.7. The van der Waals surface area contributed by atoms with Gasteiger partial charge in [-0.1, -0.05) is 68.8 Å². The van der Waals surface area contributed by atoms with Crippen LogP contribution in [0.1, 0.15) is 6.92 Å². The first-order valence-electron chi connectivity index (χ1n) is 9.25. The van der Waals surface area contributed by atoms with Crippen LogP contribution in [-0.4, -0.2) is 6.61 Å². The topological polar surface area (TPSA) is 9.23 Å². The van der Waals surface area contributed by atoms with Crippen molar-refractivity contribution in [1.29, 1.82) is 0 Å². The molecule has 160 valence electrons. The van der Waals surface area contributed by atoms with Crippen molar-refractivity contribution >= 4 is 0 Å². The van der Waals surface area contributed by atoms with Gasteiger partial charge < -0.3 is 4.74 Å². The van der Waals surface area contributed by atoms with Crippen LogP contribution in [0, 0.1) is 11.6 Å². The first-order valence-corrected chi connectivity index (χ1v) is 9.25. The molecule has 2 rings (SSSR count). The smallest absolute Gasteiger partial charge is 0.201 e. The van der Waals surface area contributed by atoms with E-state index in [4.69, 9.17) is 4.74 Å².